The summed E-state index contributed by atoms with van der Waals surface area (Å²) in [6, 6.07) is 36.0. The van der Waals surface area contributed by atoms with Gasteiger partial charge in [-0.1, -0.05) is 96.7 Å². The Hall–Kier alpha value is -1.69. The molecule has 0 saturated heterocycles. The number of alkyl halides is 1. The van der Waals surface area contributed by atoms with Gasteiger partial charge in [0.1, 0.15) is 0 Å². The third kappa shape index (κ3) is 4.20. The largest absolute Gasteiger partial charge is 0.166 e. The third-order valence-corrected chi connectivity index (χ3v) is 10.4. The molecule has 5 rings (SSSR count). The lowest BCUT2D eigenvalue weighted by Gasteiger charge is -2.25. The molecular weight excluding hydrogens is 527 g/mol. The van der Waals surface area contributed by atoms with Crippen LogP contribution in [-0.2, 0) is 10.9 Å². The van der Waals surface area contributed by atoms with Gasteiger partial charge in [-0.05, 0) is 71.1 Å². The standard InChI is InChI=1S/C28H24IS2/c1-19(2)20-13-15-26-24(17-20)28(29)25-18-23(14-16-27(25)30-26)31(21-9-5-3-6-10-21)22-11-7-4-8-12-22/h3-19,28H,1-2H3/q+1. The Morgan fingerprint density at radius 1 is 0.677 bits per heavy atom. The molecule has 1 aliphatic heterocycles. The van der Waals surface area contributed by atoms with E-state index in [1.165, 1.54) is 41.2 Å². The summed E-state index contributed by atoms with van der Waals surface area (Å²) in [6.45, 7) is 4.55. The summed E-state index contributed by atoms with van der Waals surface area (Å²) in [7, 11) is -0.110. The molecule has 0 nitrogen and oxygen atoms in total. The monoisotopic (exact) mass is 551 g/mol. The Bertz CT molecular complexity index is 1160. The van der Waals surface area contributed by atoms with Gasteiger partial charge < -0.3 is 0 Å². The van der Waals surface area contributed by atoms with Crippen LogP contribution in [0.15, 0.2) is 122 Å². The van der Waals surface area contributed by atoms with Crippen LogP contribution < -0.4 is 0 Å². The van der Waals surface area contributed by atoms with Crippen LogP contribution >= 0.6 is 34.4 Å². The second-order valence-corrected chi connectivity index (χ2v) is 12.4. The number of fused-ring (bicyclic) bond motifs is 2. The molecule has 0 saturated carbocycles. The van der Waals surface area contributed by atoms with Gasteiger partial charge in [0.2, 0.25) is 0 Å². The highest BCUT2D eigenvalue weighted by molar-refractivity contribution is 14.1. The molecule has 1 atom stereocenters. The summed E-state index contributed by atoms with van der Waals surface area (Å²) in [5.41, 5.74) is 4.33. The fourth-order valence-electron chi connectivity index (χ4n) is 3.97. The van der Waals surface area contributed by atoms with Gasteiger partial charge in [-0.15, -0.1) is 0 Å². The Morgan fingerprint density at radius 3 is 1.81 bits per heavy atom. The van der Waals surface area contributed by atoms with Crippen molar-refractivity contribution < 1.29 is 0 Å². The van der Waals surface area contributed by atoms with Crippen molar-refractivity contribution in [2.24, 2.45) is 0 Å². The van der Waals surface area contributed by atoms with E-state index in [2.05, 4.69) is 134 Å². The second kappa shape index (κ2) is 9.05. The molecule has 0 aliphatic carbocycles. The molecule has 0 amide bonds. The Morgan fingerprint density at radius 2 is 1.23 bits per heavy atom. The highest BCUT2D eigenvalue weighted by Crippen LogP contribution is 2.50. The van der Waals surface area contributed by atoms with Gasteiger partial charge in [0.25, 0.3) is 0 Å². The Labute approximate surface area is 206 Å². The highest BCUT2D eigenvalue weighted by Gasteiger charge is 2.32. The van der Waals surface area contributed by atoms with Gasteiger partial charge in [-0.25, -0.2) is 0 Å². The van der Waals surface area contributed by atoms with Crippen molar-refractivity contribution in [3.63, 3.8) is 0 Å². The van der Waals surface area contributed by atoms with E-state index in [9.17, 15) is 0 Å². The SMILES string of the molecule is CC(C)c1ccc2c(c1)C(I)c1cc([S+](c3ccccc3)c3ccccc3)ccc1S2. The van der Waals surface area contributed by atoms with Gasteiger partial charge >= 0.3 is 0 Å². The molecular formula is C28H24IS2+. The second-order valence-electron chi connectivity index (χ2n) is 8.05. The first-order chi connectivity index (χ1) is 15.1. The van der Waals surface area contributed by atoms with Gasteiger partial charge in [-0.2, -0.15) is 0 Å². The maximum Gasteiger partial charge on any atom is 0.166 e. The quantitative estimate of drug-likeness (QED) is 0.139. The van der Waals surface area contributed by atoms with Crippen LogP contribution in [0.2, 0.25) is 0 Å². The number of hydrogen-bond donors (Lipinski definition) is 0. The van der Waals surface area contributed by atoms with E-state index in [1.54, 1.807) is 0 Å². The predicted octanol–water partition coefficient (Wildman–Crippen LogP) is 8.89. The Balaban J connectivity index is 1.61. The average molecular weight is 552 g/mol. The third-order valence-electron chi connectivity index (χ3n) is 5.64. The van der Waals surface area contributed by atoms with Crippen LogP contribution in [-0.4, -0.2) is 0 Å². The lowest BCUT2D eigenvalue weighted by molar-refractivity contribution is 0.858. The minimum Gasteiger partial charge on any atom is -0.0894 e. The molecule has 1 aliphatic rings. The molecule has 3 heteroatoms. The Kier molecular flexibility index (Phi) is 6.18. The fourth-order valence-corrected chi connectivity index (χ4v) is 8.64. The van der Waals surface area contributed by atoms with Crippen molar-refractivity contribution in [1.29, 1.82) is 0 Å². The van der Waals surface area contributed by atoms with Crippen molar-refractivity contribution in [3.8, 4) is 0 Å². The zero-order chi connectivity index (χ0) is 21.4. The number of hydrogen-bond acceptors (Lipinski definition) is 1. The zero-order valence-electron chi connectivity index (χ0n) is 17.6. The molecule has 4 aromatic carbocycles. The maximum absolute atomic E-state index is 2.64. The van der Waals surface area contributed by atoms with Crippen LogP contribution in [0, 0.1) is 0 Å². The van der Waals surface area contributed by atoms with E-state index < -0.39 is 0 Å². The van der Waals surface area contributed by atoms with E-state index in [-0.39, 0.29) is 10.9 Å². The van der Waals surface area contributed by atoms with Crippen LogP contribution in [0.1, 0.15) is 40.4 Å². The first kappa shape index (κ1) is 21.2. The fraction of sp³-hybridized carbons (Fsp3) is 0.143. The summed E-state index contributed by atoms with van der Waals surface area (Å²) in [5, 5.41) is 0. The molecule has 0 bridgehead atoms. The average Bonchev–Trinajstić information content (AvgIpc) is 2.81. The van der Waals surface area contributed by atoms with Crippen molar-refractivity contribution in [2.75, 3.05) is 0 Å². The van der Waals surface area contributed by atoms with E-state index in [1.807, 2.05) is 11.8 Å². The lowest BCUT2D eigenvalue weighted by atomic mass is 9.97. The molecule has 0 spiro atoms. The van der Waals surface area contributed by atoms with Gasteiger partial charge in [0.15, 0.2) is 14.7 Å². The summed E-state index contributed by atoms with van der Waals surface area (Å²) in [5.74, 6) is 0.550. The van der Waals surface area contributed by atoms with Crippen molar-refractivity contribution >= 4 is 45.2 Å². The summed E-state index contributed by atoms with van der Waals surface area (Å²) in [4.78, 5) is 6.91. The molecule has 0 fully saturated rings. The summed E-state index contributed by atoms with van der Waals surface area (Å²) >= 11 is 4.56. The maximum atomic E-state index is 2.64. The van der Waals surface area contributed by atoms with E-state index in [0.717, 1.165) is 0 Å². The minimum absolute atomic E-state index is 0.110. The van der Waals surface area contributed by atoms with Crippen LogP contribution in [0.4, 0.5) is 0 Å². The normalized spacial score (nSPS) is 15.1. The van der Waals surface area contributed by atoms with E-state index >= 15 is 0 Å². The molecule has 4 aromatic rings. The number of benzene rings is 4. The molecule has 0 radical (unpaired) electrons. The number of rotatable bonds is 4. The van der Waals surface area contributed by atoms with Crippen LogP contribution in [0.5, 0.6) is 0 Å². The van der Waals surface area contributed by atoms with Crippen molar-refractivity contribution in [1.82, 2.24) is 0 Å². The summed E-state index contributed by atoms with van der Waals surface area (Å²) in [6.07, 6.45) is 0. The van der Waals surface area contributed by atoms with E-state index in [0.29, 0.717) is 9.84 Å². The molecule has 1 heterocycles. The molecule has 154 valence electrons. The topological polar surface area (TPSA) is 0 Å². The first-order valence-electron chi connectivity index (χ1n) is 10.6. The van der Waals surface area contributed by atoms with Crippen LogP contribution in [0.25, 0.3) is 0 Å². The molecule has 31 heavy (non-hydrogen) atoms. The van der Waals surface area contributed by atoms with Gasteiger partial charge in [0.05, 0.1) is 14.8 Å². The first-order valence-corrected chi connectivity index (χ1v) is 13.8. The van der Waals surface area contributed by atoms with Crippen molar-refractivity contribution in [2.45, 2.75) is 48.2 Å². The molecule has 0 N–H and O–H groups in total. The number of halogens is 1. The predicted molar refractivity (Wildman–Crippen MR) is 142 cm³/mol. The van der Waals surface area contributed by atoms with Gasteiger partial charge in [0, 0.05) is 9.79 Å². The highest BCUT2D eigenvalue weighted by atomic mass is 127. The zero-order valence-corrected chi connectivity index (χ0v) is 21.4. The van der Waals surface area contributed by atoms with Crippen molar-refractivity contribution in [3.05, 3.63) is 114 Å². The van der Waals surface area contributed by atoms with Crippen LogP contribution in [0.3, 0.4) is 0 Å². The van der Waals surface area contributed by atoms with Gasteiger partial charge in [-0.3, -0.25) is 0 Å². The molecule has 0 aromatic heterocycles. The molecule has 1 unspecified atom stereocenters. The van der Waals surface area contributed by atoms with E-state index in [4.69, 9.17) is 0 Å². The lowest BCUT2D eigenvalue weighted by Crippen LogP contribution is -2.08. The summed E-state index contributed by atoms with van der Waals surface area (Å²) < 4.78 is 0.375. The minimum atomic E-state index is -0.110. The smallest absolute Gasteiger partial charge is 0.0894 e.